The fourth-order valence-electron chi connectivity index (χ4n) is 2.82. The minimum atomic E-state index is -4.55. The summed E-state index contributed by atoms with van der Waals surface area (Å²) in [4.78, 5) is 11.7. The number of halogens is 3. The van der Waals surface area contributed by atoms with Gasteiger partial charge in [-0.25, -0.2) is 0 Å². The third kappa shape index (κ3) is 5.19. The van der Waals surface area contributed by atoms with Crippen molar-refractivity contribution in [2.75, 3.05) is 11.6 Å². The summed E-state index contributed by atoms with van der Waals surface area (Å²) in [7, 11) is 0. The average molecular weight is 397 g/mol. The number of ether oxygens (including phenoxy) is 1. The molecule has 0 aromatic heterocycles. The van der Waals surface area contributed by atoms with Crippen molar-refractivity contribution in [3.05, 3.63) is 58.1 Å². The lowest BCUT2D eigenvalue weighted by Gasteiger charge is -2.19. The highest BCUT2D eigenvalue weighted by atomic mass is 32.2. The first kappa shape index (κ1) is 21.2. The van der Waals surface area contributed by atoms with E-state index in [1.807, 2.05) is 32.9 Å². The minimum Gasteiger partial charge on any atom is -0.489 e. The Balaban J connectivity index is 2.39. The van der Waals surface area contributed by atoms with E-state index in [1.54, 1.807) is 6.26 Å². The van der Waals surface area contributed by atoms with E-state index in [9.17, 15) is 18.0 Å². The smallest absolute Gasteiger partial charge is 0.416 e. The highest BCUT2D eigenvalue weighted by molar-refractivity contribution is 8.13. The summed E-state index contributed by atoms with van der Waals surface area (Å²) >= 11 is 0.893. The van der Waals surface area contributed by atoms with Crippen LogP contribution in [0.15, 0.2) is 30.3 Å². The van der Waals surface area contributed by atoms with Crippen LogP contribution in [-0.4, -0.2) is 11.5 Å². The first-order chi connectivity index (χ1) is 12.7. The molecule has 0 aliphatic heterocycles. The van der Waals surface area contributed by atoms with Crippen LogP contribution in [0.4, 0.5) is 23.7 Å². The predicted octanol–water partition coefficient (Wildman–Crippen LogP) is 6.36. The van der Waals surface area contributed by atoms with Crippen molar-refractivity contribution in [1.29, 1.82) is 0 Å². The van der Waals surface area contributed by atoms with Gasteiger partial charge in [0.05, 0.1) is 5.56 Å². The van der Waals surface area contributed by atoms with E-state index < -0.39 is 17.0 Å². The summed E-state index contributed by atoms with van der Waals surface area (Å²) < 4.78 is 46.1. The van der Waals surface area contributed by atoms with Gasteiger partial charge >= 0.3 is 6.18 Å². The van der Waals surface area contributed by atoms with Crippen molar-refractivity contribution in [2.24, 2.45) is 0 Å². The maximum absolute atomic E-state index is 13.4. The molecule has 1 N–H and O–H groups in total. The number of benzene rings is 2. The molecule has 0 atom stereocenters. The van der Waals surface area contributed by atoms with Gasteiger partial charge in [-0.1, -0.05) is 30.8 Å². The SMILES string of the molecule is CCc1cc(C)c(OCc2c(NC(=O)SC)cccc2C(F)(F)F)cc1C. The van der Waals surface area contributed by atoms with Gasteiger partial charge in [0, 0.05) is 11.3 Å². The van der Waals surface area contributed by atoms with E-state index >= 15 is 0 Å². The number of amides is 1. The molecule has 0 aliphatic carbocycles. The van der Waals surface area contributed by atoms with Gasteiger partial charge in [0.25, 0.3) is 5.24 Å². The second kappa shape index (κ2) is 8.69. The van der Waals surface area contributed by atoms with Gasteiger partial charge in [-0.2, -0.15) is 13.2 Å². The zero-order chi connectivity index (χ0) is 20.2. The molecule has 2 rings (SSSR count). The van der Waals surface area contributed by atoms with Crippen molar-refractivity contribution in [3.8, 4) is 5.75 Å². The van der Waals surface area contributed by atoms with Crippen LogP contribution in [-0.2, 0) is 19.2 Å². The van der Waals surface area contributed by atoms with Crippen molar-refractivity contribution < 1.29 is 22.7 Å². The largest absolute Gasteiger partial charge is 0.489 e. The summed E-state index contributed by atoms with van der Waals surface area (Å²) in [6.07, 6.45) is -2.12. The van der Waals surface area contributed by atoms with E-state index in [-0.39, 0.29) is 17.9 Å². The Bertz CT molecular complexity index is 835. The topological polar surface area (TPSA) is 38.3 Å². The Morgan fingerprint density at radius 1 is 1.19 bits per heavy atom. The Morgan fingerprint density at radius 3 is 2.48 bits per heavy atom. The van der Waals surface area contributed by atoms with Gasteiger partial charge in [0.15, 0.2) is 0 Å². The predicted molar refractivity (Wildman–Crippen MR) is 104 cm³/mol. The van der Waals surface area contributed by atoms with Crippen LogP contribution >= 0.6 is 11.8 Å². The van der Waals surface area contributed by atoms with E-state index in [4.69, 9.17) is 4.74 Å². The average Bonchev–Trinajstić information content (AvgIpc) is 2.61. The lowest BCUT2D eigenvalue weighted by molar-refractivity contribution is -0.138. The first-order valence-corrected chi connectivity index (χ1v) is 9.66. The van der Waals surface area contributed by atoms with Gasteiger partial charge < -0.3 is 10.1 Å². The Labute approximate surface area is 161 Å². The quantitative estimate of drug-likeness (QED) is 0.638. The van der Waals surface area contributed by atoms with Crippen molar-refractivity contribution in [2.45, 2.75) is 40.0 Å². The van der Waals surface area contributed by atoms with Gasteiger partial charge in [-0.3, -0.25) is 4.79 Å². The molecular formula is C20H22F3NO2S. The first-order valence-electron chi connectivity index (χ1n) is 8.44. The fraction of sp³-hybridized carbons (Fsp3) is 0.350. The molecule has 0 saturated heterocycles. The minimum absolute atomic E-state index is 0.0935. The molecule has 1 amide bonds. The Hall–Kier alpha value is -2.15. The monoisotopic (exact) mass is 397 g/mol. The second-order valence-corrected chi connectivity index (χ2v) is 6.91. The fourth-order valence-corrected chi connectivity index (χ4v) is 3.03. The number of rotatable bonds is 5. The van der Waals surface area contributed by atoms with Gasteiger partial charge in [0.1, 0.15) is 12.4 Å². The zero-order valence-corrected chi connectivity index (χ0v) is 16.5. The van der Waals surface area contributed by atoms with Crippen LogP contribution in [0, 0.1) is 13.8 Å². The Kier molecular flexibility index (Phi) is 6.81. The van der Waals surface area contributed by atoms with Crippen molar-refractivity contribution in [1.82, 2.24) is 0 Å². The summed E-state index contributed by atoms with van der Waals surface area (Å²) in [5.74, 6) is 0.531. The van der Waals surface area contributed by atoms with Crippen LogP contribution in [0.5, 0.6) is 5.75 Å². The number of anilines is 1. The summed E-state index contributed by atoms with van der Waals surface area (Å²) in [6, 6.07) is 7.53. The molecule has 2 aromatic carbocycles. The lowest BCUT2D eigenvalue weighted by atomic mass is 10.0. The Morgan fingerprint density at radius 2 is 1.89 bits per heavy atom. The number of hydrogen-bond acceptors (Lipinski definition) is 3. The standard InChI is InChI=1S/C20H22F3NO2S/c1-5-14-9-13(3)18(10-12(14)2)26-11-15-16(20(21,22)23)7-6-8-17(15)24-19(25)27-4/h6-10H,5,11H2,1-4H3,(H,24,25). The molecule has 146 valence electrons. The highest BCUT2D eigenvalue weighted by Crippen LogP contribution is 2.36. The molecule has 27 heavy (non-hydrogen) atoms. The van der Waals surface area contributed by atoms with E-state index in [0.29, 0.717) is 5.75 Å². The summed E-state index contributed by atoms with van der Waals surface area (Å²) in [6.45, 7) is 5.55. The number of aryl methyl sites for hydroxylation is 3. The highest BCUT2D eigenvalue weighted by Gasteiger charge is 2.34. The van der Waals surface area contributed by atoms with Crippen molar-refractivity contribution in [3.63, 3.8) is 0 Å². The van der Waals surface area contributed by atoms with Crippen molar-refractivity contribution >= 4 is 22.7 Å². The maximum Gasteiger partial charge on any atom is 0.416 e. The molecule has 0 unspecified atom stereocenters. The van der Waals surface area contributed by atoms with Crippen LogP contribution < -0.4 is 10.1 Å². The molecule has 0 spiro atoms. The van der Waals surface area contributed by atoms with Crippen LogP contribution in [0.2, 0.25) is 0 Å². The van der Waals surface area contributed by atoms with Crippen LogP contribution in [0.3, 0.4) is 0 Å². The lowest BCUT2D eigenvalue weighted by Crippen LogP contribution is -2.15. The van der Waals surface area contributed by atoms with Crippen LogP contribution in [0.25, 0.3) is 0 Å². The maximum atomic E-state index is 13.4. The van der Waals surface area contributed by atoms with E-state index in [0.717, 1.165) is 35.4 Å². The third-order valence-corrected chi connectivity index (χ3v) is 4.76. The number of thioether (sulfide) groups is 1. The number of alkyl halides is 3. The van der Waals surface area contributed by atoms with Gasteiger partial charge in [-0.15, -0.1) is 0 Å². The third-order valence-electron chi connectivity index (χ3n) is 4.29. The van der Waals surface area contributed by atoms with Gasteiger partial charge in [0.2, 0.25) is 0 Å². The van der Waals surface area contributed by atoms with E-state index in [1.165, 1.54) is 17.7 Å². The number of carbonyl (C=O) groups excluding carboxylic acids is 1. The van der Waals surface area contributed by atoms with Gasteiger partial charge in [-0.05, 0) is 61.4 Å². The molecule has 0 aliphatic rings. The number of carbonyl (C=O) groups is 1. The molecule has 0 fully saturated rings. The van der Waals surface area contributed by atoms with Crippen LogP contribution in [0.1, 0.15) is 34.7 Å². The normalized spacial score (nSPS) is 11.4. The molecule has 3 nitrogen and oxygen atoms in total. The second-order valence-electron chi connectivity index (χ2n) is 6.13. The van der Waals surface area contributed by atoms with E-state index in [2.05, 4.69) is 5.32 Å². The summed E-state index contributed by atoms with van der Waals surface area (Å²) in [5.41, 5.74) is 2.24. The zero-order valence-electron chi connectivity index (χ0n) is 15.7. The summed E-state index contributed by atoms with van der Waals surface area (Å²) in [5, 5.41) is 2.06. The molecular weight excluding hydrogens is 375 g/mol. The molecule has 0 saturated carbocycles. The number of nitrogens with one attached hydrogen (secondary N) is 1. The molecule has 0 bridgehead atoms. The molecule has 2 aromatic rings. The number of hydrogen-bond donors (Lipinski definition) is 1. The molecule has 0 radical (unpaired) electrons. The molecule has 7 heteroatoms. The molecule has 0 heterocycles.